The van der Waals surface area contributed by atoms with Gasteiger partial charge in [0.1, 0.15) is 0 Å². The number of aryl methyl sites for hydroxylation is 1. The van der Waals surface area contributed by atoms with Gasteiger partial charge in [0.25, 0.3) is 0 Å². The predicted molar refractivity (Wildman–Crippen MR) is 53.9 cm³/mol. The zero-order valence-electron chi connectivity index (χ0n) is 7.83. The Labute approximate surface area is 78.6 Å². The normalized spacial score (nSPS) is 23.1. The standard InChI is InChI=1S/C11H15NO/c1-8(13)10-7-6-9-4-2-3-5-11(9)12-10/h2-5,8,10,12-13H,6-7H2,1H3. The van der Waals surface area contributed by atoms with Crippen LogP contribution in [0.15, 0.2) is 24.3 Å². The molecule has 13 heavy (non-hydrogen) atoms. The highest BCUT2D eigenvalue weighted by molar-refractivity contribution is 5.53. The van der Waals surface area contributed by atoms with Crippen molar-refractivity contribution in [1.29, 1.82) is 0 Å². The van der Waals surface area contributed by atoms with Gasteiger partial charge in [-0.25, -0.2) is 0 Å². The lowest BCUT2D eigenvalue weighted by atomic mass is 9.96. The molecule has 1 aromatic carbocycles. The molecule has 0 aliphatic carbocycles. The van der Waals surface area contributed by atoms with Crippen LogP contribution < -0.4 is 5.32 Å². The summed E-state index contributed by atoms with van der Waals surface area (Å²) < 4.78 is 0. The zero-order valence-corrected chi connectivity index (χ0v) is 7.83. The fourth-order valence-electron chi connectivity index (χ4n) is 1.82. The van der Waals surface area contributed by atoms with E-state index in [1.165, 1.54) is 11.3 Å². The number of benzene rings is 1. The summed E-state index contributed by atoms with van der Waals surface area (Å²) in [6, 6.07) is 8.51. The van der Waals surface area contributed by atoms with Gasteiger partial charge < -0.3 is 10.4 Å². The molecule has 0 saturated carbocycles. The second kappa shape index (κ2) is 3.38. The molecule has 1 aromatic rings. The van der Waals surface area contributed by atoms with Gasteiger partial charge in [0.15, 0.2) is 0 Å². The van der Waals surface area contributed by atoms with Gasteiger partial charge in [-0.1, -0.05) is 18.2 Å². The Morgan fingerprint density at radius 3 is 3.00 bits per heavy atom. The van der Waals surface area contributed by atoms with Gasteiger partial charge in [0, 0.05) is 5.69 Å². The molecule has 1 heterocycles. The van der Waals surface area contributed by atoms with Crippen LogP contribution in [0.3, 0.4) is 0 Å². The van der Waals surface area contributed by atoms with E-state index in [4.69, 9.17) is 0 Å². The van der Waals surface area contributed by atoms with Gasteiger partial charge in [-0.05, 0) is 31.4 Å². The topological polar surface area (TPSA) is 32.3 Å². The number of hydrogen-bond donors (Lipinski definition) is 2. The highest BCUT2D eigenvalue weighted by Gasteiger charge is 2.20. The molecule has 2 atom stereocenters. The molecule has 1 aliphatic rings. The molecule has 0 aromatic heterocycles. The summed E-state index contributed by atoms with van der Waals surface area (Å²) >= 11 is 0. The maximum atomic E-state index is 9.44. The van der Waals surface area contributed by atoms with Gasteiger partial charge in [0.2, 0.25) is 0 Å². The van der Waals surface area contributed by atoms with Gasteiger partial charge in [0.05, 0.1) is 12.1 Å². The second-order valence-electron chi connectivity index (χ2n) is 3.69. The van der Waals surface area contributed by atoms with Gasteiger partial charge >= 0.3 is 0 Å². The molecule has 70 valence electrons. The van der Waals surface area contributed by atoms with Crippen LogP contribution in [0.5, 0.6) is 0 Å². The Morgan fingerprint density at radius 1 is 1.46 bits per heavy atom. The average molecular weight is 177 g/mol. The minimum atomic E-state index is -0.270. The van der Waals surface area contributed by atoms with Crippen molar-refractivity contribution in [3.8, 4) is 0 Å². The SMILES string of the molecule is CC(O)C1CCc2ccccc2N1. The van der Waals surface area contributed by atoms with Crippen molar-refractivity contribution in [1.82, 2.24) is 0 Å². The number of hydrogen-bond acceptors (Lipinski definition) is 2. The zero-order chi connectivity index (χ0) is 9.26. The summed E-state index contributed by atoms with van der Waals surface area (Å²) in [6.45, 7) is 1.84. The molecule has 2 rings (SSSR count). The second-order valence-corrected chi connectivity index (χ2v) is 3.69. The Balaban J connectivity index is 2.20. The maximum absolute atomic E-state index is 9.44. The Hall–Kier alpha value is -1.02. The molecule has 0 radical (unpaired) electrons. The van der Waals surface area contributed by atoms with Crippen molar-refractivity contribution in [3.63, 3.8) is 0 Å². The Kier molecular flexibility index (Phi) is 2.23. The maximum Gasteiger partial charge on any atom is 0.0713 e. The summed E-state index contributed by atoms with van der Waals surface area (Å²) in [5.41, 5.74) is 2.54. The lowest BCUT2D eigenvalue weighted by molar-refractivity contribution is 0.166. The van der Waals surface area contributed by atoms with Crippen LogP contribution in [0.2, 0.25) is 0 Å². The lowest BCUT2D eigenvalue weighted by Crippen LogP contribution is -2.34. The minimum Gasteiger partial charge on any atom is -0.391 e. The van der Waals surface area contributed by atoms with Crippen molar-refractivity contribution in [2.45, 2.75) is 31.9 Å². The quantitative estimate of drug-likeness (QED) is 0.685. The number of para-hydroxylation sites is 1. The van der Waals surface area contributed by atoms with Crippen LogP contribution >= 0.6 is 0 Å². The number of aliphatic hydroxyl groups excluding tert-OH is 1. The fraction of sp³-hybridized carbons (Fsp3) is 0.455. The van der Waals surface area contributed by atoms with Crippen LogP contribution in [0.4, 0.5) is 5.69 Å². The van der Waals surface area contributed by atoms with E-state index < -0.39 is 0 Å². The van der Waals surface area contributed by atoms with Crippen LogP contribution in [-0.4, -0.2) is 17.3 Å². The highest BCUT2D eigenvalue weighted by atomic mass is 16.3. The summed E-state index contributed by atoms with van der Waals surface area (Å²) in [4.78, 5) is 0. The lowest BCUT2D eigenvalue weighted by Gasteiger charge is -2.28. The molecule has 0 spiro atoms. The number of anilines is 1. The molecule has 2 N–H and O–H groups in total. The monoisotopic (exact) mass is 177 g/mol. The third kappa shape index (κ3) is 1.68. The summed E-state index contributed by atoms with van der Waals surface area (Å²) in [6.07, 6.45) is 1.82. The van der Waals surface area contributed by atoms with E-state index in [0.29, 0.717) is 0 Å². The van der Waals surface area contributed by atoms with Gasteiger partial charge in [-0.15, -0.1) is 0 Å². The van der Waals surface area contributed by atoms with Crippen molar-refractivity contribution in [3.05, 3.63) is 29.8 Å². The van der Waals surface area contributed by atoms with E-state index in [0.717, 1.165) is 12.8 Å². The summed E-state index contributed by atoms with van der Waals surface area (Å²) in [5.74, 6) is 0. The molecule has 1 aliphatic heterocycles. The van der Waals surface area contributed by atoms with Crippen LogP contribution in [0.25, 0.3) is 0 Å². The Morgan fingerprint density at radius 2 is 2.23 bits per heavy atom. The van der Waals surface area contributed by atoms with Gasteiger partial charge in [-0.3, -0.25) is 0 Å². The molecule has 0 amide bonds. The third-order valence-corrected chi connectivity index (χ3v) is 2.67. The summed E-state index contributed by atoms with van der Waals surface area (Å²) in [7, 11) is 0. The van der Waals surface area contributed by atoms with Crippen molar-refractivity contribution >= 4 is 5.69 Å². The van der Waals surface area contributed by atoms with E-state index in [-0.39, 0.29) is 12.1 Å². The van der Waals surface area contributed by atoms with Crippen molar-refractivity contribution in [2.24, 2.45) is 0 Å². The first-order chi connectivity index (χ1) is 6.27. The minimum absolute atomic E-state index is 0.218. The molecular weight excluding hydrogens is 162 g/mol. The molecule has 0 saturated heterocycles. The first kappa shape index (κ1) is 8.57. The van der Waals surface area contributed by atoms with E-state index in [1.807, 2.05) is 13.0 Å². The molecular formula is C11H15NO. The smallest absolute Gasteiger partial charge is 0.0713 e. The number of nitrogens with one attached hydrogen (secondary N) is 1. The predicted octanol–water partition coefficient (Wildman–Crippen LogP) is 1.79. The summed E-state index contributed by atoms with van der Waals surface area (Å²) in [5, 5.41) is 12.8. The van der Waals surface area contributed by atoms with E-state index in [1.54, 1.807) is 0 Å². The average Bonchev–Trinajstić information content (AvgIpc) is 2.17. The van der Waals surface area contributed by atoms with Crippen LogP contribution in [0.1, 0.15) is 18.9 Å². The molecule has 2 nitrogen and oxygen atoms in total. The van der Waals surface area contributed by atoms with Crippen LogP contribution in [-0.2, 0) is 6.42 Å². The molecule has 2 unspecified atom stereocenters. The van der Waals surface area contributed by atoms with E-state index in [9.17, 15) is 5.11 Å². The first-order valence-electron chi connectivity index (χ1n) is 4.80. The van der Waals surface area contributed by atoms with E-state index >= 15 is 0 Å². The van der Waals surface area contributed by atoms with Crippen LogP contribution in [0, 0.1) is 0 Å². The fourth-order valence-corrected chi connectivity index (χ4v) is 1.82. The number of rotatable bonds is 1. The molecule has 2 heteroatoms. The first-order valence-corrected chi connectivity index (χ1v) is 4.80. The number of aliphatic hydroxyl groups is 1. The van der Waals surface area contributed by atoms with Crippen molar-refractivity contribution in [2.75, 3.05) is 5.32 Å². The van der Waals surface area contributed by atoms with E-state index in [2.05, 4.69) is 23.5 Å². The van der Waals surface area contributed by atoms with Crippen molar-refractivity contribution < 1.29 is 5.11 Å². The Bertz CT molecular complexity index is 296. The number of fused-ring (bicyclic) bond motifs is 1. The van der Waals surface area contributed by atoms with Gasteiger partial charge in [-0.2, -0.15) is 0 Å². The largest absolute Gasteiger partial charge is 0.391 e. The molecule has 0 fully saturated rings. The third-order valence-electron chi connectivity index (χ3n) is 2.67. The molecule has 0 bridgehead atoms. The highest BCUT2D eigenvalue weighted by Crippen LogP contribution is 2.25.